The van der Waals surface area contributed by atoms with Crippen molar-refractivity contribution in [3.05, 3.63) is 40.9 Å². The molecule has 1 aromatic heterocycles. The molecule has 1 atom stereocenters. The molecule has 0 spiro atoms. The quantitative estimate of drug-likeness (QED) is 0.724. The molecule has 2 N–H and O–H groups in total. The predicted octanol–water partition coefficient (Wildman–Crippen LogP) is 1.68. The molecule has 0 aliphatic heterocycles. The minimum Gasteiger partial charge on any atom is -0.348 e. The van der Waals surface area contributed by atoms with Crippen molar-refractivity contribution in [2.45, 2.75) is 45.7 Å². The van der Waals surface area contributed by atoms with Crippen LogP contribution in [0.2, 0.25) is 0 Å². The van der Waals surface area contributed by atoms with E-state index in [1.807, 2.05) is 36.7 Å². The Balaban J connectivity index is 1.70. The Labute approximate surface area is 164 Å². The molecule has 1 saturated carbocycles. The minimum absolute atomic E-state index is 0.0543. The average molecular weight is 388 g/mol. The van der Waals surface area contributed by atoms with Crippen LogP contribution in [-0.2, 0) is 22.6 Å². The Morgan fingerprint density at radius 1 is 1.33 bits per heavy atom. The SMILES string of the molecule is CCc1ccccc1N(C(C)=O)c1nc(C[NH+](C)CC(=O)NC2CC2)cs1. The fourth-order valence-electron chi connectivity index (χ4n) is 3.07. The van der Waals surface area contributed by atoms with Crippen LogP contribution in [0.5, 0.6) is 0 Å². The number of quaternary nitrogens is 1. The molecule has 2 amide bonds. The van der Waals surface area contributed by atoms with Crippen molar-refractivity contribution in [3.8, 4) is 0 Å². The van der Waals surface area contributed by atoms with Crippen LogP contribution in [0.15, 0.2) is 29.6 Å². The monoisotopic (exact) mass is 387 g/mol. The van der Waals surface area contributed by atoms with Crippen LogP contribution in [-0.4, -0.2) is 36.4 Å². The number of carbonyl (C=O) groups excluding carboxylic acids is 2. The maximum absolute atomic E-state index is 12.3. The highest BCUT2D eigenvalue weighted by Crippen LogP contribution is 2.31. The van der Waals surface area contributed by atoms with Gasteiger partial charge in [0.05, 0.1) is 12.7 Å². The zero-order valence-electron chi connectivity index (χ0n) is 16.1. The maximum atomic E-state index is 12.3. The van der Waals surface area contributed by atoms with Gasteiger partial charge in [-0.15, -0.1) is 11.3 Å². The highest BCUT2D eigenvalue weighted by molar-refractivity contribution is 7.14. The lowest BCUT2D eigenvalue weighted by atomic mass is 10.1. The molecule has 1 aliphatic rings. The summed E-state index contributed by atoms with van der Waals surface area (Å²) < 4.78 is 0. The summed E-state index contributed by atoms with van der Waals surface area (Å²) in [5, 5.41) is 5.66. The lowest BCUT2D eigenvalue weighted by Crippen LogP contribution is -3.09. The van der Waals surface area contributed by atoms with Gasteiger partial charge in [-0.2, -0.15) is 0 Å². The molecule has 1 heterocycles. The van der Waals surface area contributed by atoms with Crippen LogP contribution >= 0.6 is 11.3 Å². The lowest BCUT2D eigenvalue weighted by Gasteiger charge is -2.21. The average Bonchev–Trinajstić information content (AvgIpc) is 3.32. The highest BCUT2D eigenvalue weighted by atomic mass is 32.1. The number of para-hydroxylation sites is 1. The number of carbonyl (C=O) groups is 2. The number of anilines is 2. The molecule has 1 unspecified atom stereocenters. The molecule has 0 radical (unpaired) electrons. The van der Waals surface area contributed by atoms with Gasteiger partial charge in [-0.05, 0) is 30.9 Å². The number of hydrogen-bond acceptors (Lipinski definition) is 4. The molecule has 0 bridgehead atoms. The Hall–Kier alpha value is -2.25. The first-order valence-corrected chi connectivity index (χ1v) is 10.3. The first-order chi connectivity index (χ1) is 13.0. The number of likely N-dealkylation sites (N-methyl/N-ethyl adjacent to an activating group) is 1. The van der Waals surface area contributed by atoms with E-state index in [0.29, 0.717) is 24.3 Å². The van der Waals surface area contributed by atoms with Gasteiger partial charge in [-0.3, -0.25) is 14.5 Å². The second kappa shape index (κ2) is 8.63. The standard InChI is InChI=1S/C20H26N4O2S/c1-4-15-7-5-6-8-18(15)24(14(2)25)20-22-17(13-27-20)11-23(3)12-19(26)21-16-9-10-16/h5-8,13,16H,4,9-12H2,1-3H3,(H,21,26)/p+1. The first-order valence-electron chi connectivity index (χ1n) is 9.41. The smallest absolute Gasteiger partial charge is 0.275 e. The summed E-state index contributed by atoms with van der Waals surface area (Å²) in [7, 11) is 1.99. The van der Waals surface area contributed by atoms with Crippen molar-refractivity contribution in [2.24, 2.45) is 0 Å². The summed E-state index contributed by atoms with van der Waals surface area (Å²) in [5.41, 5.74) is 2.90. The number of thiazole rings is 1. The maximum Gasteiger partial charge on any atom is 0.275 e. The van der Waals surface area contributed by atoms with Crippen molar-refractivity contribution in [1.29, 1.82) is 0 Å². The summed E-state index contributed by atoms with van der Waals surface area (Å²) in [6, 6.07) is 8.31. The molecule has 27 heavy (non-hydrogen) atoms. The zero-order valence-corrected chi connectivity index (χ0v) is 16.9. The fourth-order valence-corrected chi connectivity index (χ4v) is 3.95. The van der Waals surface area contributed by atoms with Crippen molar-refractivity contribution >= 4 is 34.0 Å². The second-order valence-electron chi connectivity index (χ2n) is 7.11. The van der Waals surface area contributed by atoms with E-state index < -0.39 is 0 Å². The van der Waals surface area contributed by atoms with Crippen LogP contribution in [0.3, 0.4) is 0 Å². The van der Waals surface area contributed by atoms with Crippen molar-refractivity contribution in [2.75, 3.05) is 18.5 Å². The number of amides is 2. The van der Waals surface area contributed by atoms with Gasteiger partial charge in [0, 0.05) is 18.3 Å². The number of benzene rings is 1. The molecule has 0 saturated heterocycles. The number of hydrogen-bond donors (Lipinski definition) is 2. The highest BCUT2D eigenvalue weighted by Gasteiger charge is 2.25. The summed E-state index contributed by atoms with van der Waals surface area (Å²) in [4.78, 5) is 31.7. The molecule has 3 rings (SSSR count). The van der Waals surface area contributed by atoms with Crippen LogP contribution in [0.4, 0.5) is 10.8 Å². The van der Waals surface area contributed by atoms with Crippen molar-refractivity contribution < 1.29 is 14.5 Å². The van der Waals surface area contributed by atoms with Gasteiger partial charge < -0.3 is 10.2 Å². The molecule has 2 aromatic rings. The van der Waals surface area contributed by atoms with E-state index >= 15 is 0 Å². The number of aryl methyl sites for hydroxylation is 1. The van der Waals surface area contributed by atoms with E-state index in [4.69, 9.17) is 0 Å². The second-order valence-corrected chi connectivity index (χ2v) is 7.95. The van der Waals surface area contributed by atoms with Crippen LogP contribution in [0.25, 0.3) is 0 Å². The Kier molecular flexibility index (Phi) is 6.23. The Morgan fingerprint density at radius 2 is 2.07 bits per heavy atom. The molecule has 6 nitrogen and oxygen atoms in total. The number of nitrogens with zero attached hydrogens (tertiary/aromatic N) is 2. The molecular weight excluding hydrogens is 360 g/mol. The molecule has 1 fully saturated rings. The fraction of sp³-hybridized carbons (Fsp3) is 0.450. The topological polar surface area (TPSA) is 66.7 Å². The van der Waals surface area contributed by atoms with Crippen LogP contribution in [0, 0.1) is 0 Å². The molecule has 7 heteroatoms. The van der Waals surface area contributed by atoms with Gasteiger partial charge in [0.1, 0.15) is 12.2 Å². The van der Waals surface area contributed by atoms with Crippen LogP contribution in [0.1, 0.15) is 37.9 Å². The number of nitrogens with one attached hydrogen (secondary N) is 2. The summed E-state index contributed by atoms with van der Waals surface area (Å²) in [6.07, 6.45) is 3.04. The molecule has 1 aromatic carbocycles. The van der Waals surface area contributed by atoms with Gasteiger partial charge >= 0.3 is 0 Å². The number of rotatable bonds is 8. The van der Waals surface area contributed by atoms with Gasteiger partial charge in [0.25, 0.3) is 5.91 Å². The third kappa shape index (κ3) is 5.14. The van der Waals surface area contributed by atoms with E-state index in [1.165, 1.54) is 11.3 Å². The van der Waals surface area contributed by atoms with E-state index in [1.54, 1.807) is 11.8 Å². The minimum atomic E-state index is -0.0543. The first kappa shape index (κ1) is 19.5. The van der Waals surface area contributed by atoms with E-state index in [-0.39, 0.29) is 11.8 Å². The van der Waals surface area contributed by atoms with E-state index in [2.05, 4.69) is 17.2 Å². The summed E-state index contributed by atoms with van der Waals surface area (Å²) in [5.74, 6) is 0.0361. The summed E-state index contributed by atoms with van der Waals surface area (Å²) >= 11 is 1.46. The van der Waals surface area contributed by atoms with Gasteiger partial charge in [0.2, 0.25) is 5.91 Å². The molecule has 144 valence electrons. The Bertz CT molecular complexity index is 816. The third-order valence-electron chi connectivity index (χ3n) is 4.55. The Morgan fingerprint density at radius 3 is 2.74 bits per heavy atom. The molecular formula is C20H27N4O2S+. The van der Waals surface area contributed by atoms with Crippen molar-refractivity contribution in [1.82, 2.24) is 10.3 Å². The van der Waals surface area contributed by atoms with Gasteiger partial charge in [0.15, 0.2) is 11.7 Å². The predicted molar refractivity (Wildman–Crippen MR) is 107 cm³/mol. The van der Waals surface area contributed by atoms with E-state index in [9.17, 15) is 9.59 Å². The number of aromatic nitrogens is 1. The third-order valence-corrected chi connectivity index (χ3v) is 5.42. The summed E-state index contributed by atoms with van der Waals surface area (Å²) in [6.45, 7) is 4.72. The van der Waals surface area contributed by atoms with Gasteiger partial charge in [-0.1, -0.05) is 25.1 Å². The van der Waals surface area contributed by atoms with E-state index in [0.717, 1.165) is 41.1 Å². The van der Waals surface area contributed by atoms with Crippen LogP contribution < -0.4 is 15.1 Å². The van der Waals surface area contributed by atoms with Gasteiger partial charge in [-0.25, -0.2) is 4.98 Å². The molecule has 1 aliphatic carbocycles. The van der Waals surface area contributed by atoms with Crippen molar-refractivity contribution in [3.63, 3.8) is 0 Å². The lowest BCUT2D eigenvalue weighted by molar-refractivity contribution is -0.885. The normalized spacial score (nSPS) is 14.6. The largest absolute Gasteiger partial charge is 0.348 e. The zero-order chi connectivity index (χ0) is 19.4.